The molecule has 0 saturated carbocycles. The van der Waals surface area contributed by atoms with Crippen molar-refractivity contribution in [3.63, 3.8) is 0 Å². The molecule has 0 aliphatic heterocycles. The minimum absolute atomic E-state index is 0.0191. The van der Waals surface area contributed by atoms with Gasteiger partial charge in [0.1, 0.15) is 0 Å². The highest BCUT2D eigenvalue weighted by Crippen LogP contribution is 2.03. The van der Waals surface area contributed by atoms with Gasteiger partial charge in [0, 0.05) is 12.0 Å². The number of esters is 1. The van der Waals surface area contributed by atoms with E-state index in [1.807, 2.05) is 6.92 Å². The lowest BCUT2D eigenvalue weighted by molar-refractivity contribution is -0.137. The fourth-order valence-corrected chi connectivity index (χ4v) is 0.582. The molecule has 0 spiro atoms. The number of hydrogen-bond donors (Lipinski definition) is 1. The first-order valence-corrected chi connectivity index (χ1v) is 4.11. The summed E-state index contributed by atoms with van der Waals surface area (Å²) in [6, 6.07) is 0. The molecule has 12 heavy (non-hydrogen) atoms. The Bertz CT molecular complexity index is 161. The maximum Gasteiger partial charge on any atom is 0.330 e. The first-order valence-electron chi connectivity index (χ1n) is 4.11. The molecule has 1 N–H and O–H groups in total. The van der Waals surface area contributed by atoms with Gasteiger partial charge in [0.2, 0.25) is 0 Å². The van der Waals surface area contributed by atoms with Crippen LogP contribution >= 0.6 is 0 Å². The minimum Gasteiger partial charge on any atom is -0.463 e. The Morgan fingerprint density at radius 1 is 1.58 bits per heavy atom. The molecule has 0 aliphatic rings. The molecule has 2 atom stereocenters. The molecular formula is C9H16O3. The van der Waals surface area contributed by atoms with E-state index in [1.54, 1.807) is 19.9 Å². The van der Waals surface area contributed by atoms with E-state index in [0.29, 0.717) is 6.61 Å². The summed E-state index contributed by atoms with van der Waals surface area (Å²) in [5, 5.41) is 9.06. The van der Waals surface area contributed by atoms with Crippen LogP contribution in [0.1, 0.15) is 20.8 Å². The number of carbonyl (C=O) groups is 1. The van der Waals surface area contributed by atoms with Crippen LogP contribution in [0.15, 0.2) is 12.2 Å². The number of rotatable bonds is 4. The topological polar surface area (TPSA) is 46.5 Å². The normalized spacial score (nSPS) is 16.0. The van der Waals surface area contributed by atoms with Gasteiger partial charge in [-0.1, -0.05) is 13.0 Å². The van der Waals surface area contributed by atoms with E-state index >= 15 is 0 Å². The molecule has 0 aliphatic carbocycles. The number of ether oxygens (including phenoxy) is 1. The Morgan fingerprint density at radius 2 is 2.17 bits per heavy atom. The van der Waals surface area contributed by atoms with Gasteiger partial charge in [-0.05, 0) is 13.8 Å². The fourth-order valence-electron chi connectivity index (χ4n) is 0.582. The third kappa shape index (κ3) is 4.91. The molecule has 0 saturated heterocycles. The van der Waals surface area contributed by atoms with Crippen LogP contribution in [0, 0.1) is 5.92 Å². The Morgan fingerprint density at radius 3 is 2.58 bits per heavy atom. The van der Waals surface area contributed by atoms with Gasteiger partial charge in [0.25, 0.3) is 0 Å². The van der Waals surface area contributed by atoms with Crippen molar-refractivity contribution in [2.45, 2.75) is 26.9 Å². The van der Waals surface area contributed by atoms with Gasteiger partial charge >= 0.3 is 5.97 Å². The van der Waals surface area contributed by atoms with Gasteiger partial charge in [-0.2, -0.15) is 0 Å². The predicted octanol–water partition coefficient (Wildman–Crippen LogP) is 1.12. The van der Waals surface area contributed by atoms with E-state index in [9.17, 15) is 4.79 Å². The highest BCUT2D eigenvalue weighted by Gasteiger charge is 2.04. The van der Waals surface area contributed by atoms with Crippen LogP contribution in [0.5, 0.6) is 0 Å². The molecule has 0 unspecified atom stereocenters. The highest BCUT2D eigenvalue weighted by atomic mass is 16.5. The lowest BCUT2D eigenvalue weighted by Gasteiger charge is -2.07. The van der Waals surface area contributed by atoms with Gasteiger partial charge in [0.05, 0.1) is 12.7 Å². The SMILES string of the molecule is CCOC(=O)/C=C/[C@H](C)[C@@H](C)O. The Labute approximate surface area is 73.0 Å². The van der Waals surface area contributed by atoms with E-state index in [-0.39, 0.29) is 11.9 Å². The summed E-state index contributed by atoms with van der Waals surface area (Å²) in [5.74, 6) is -0.376. The average Bonchev–Trinajstić information content (AvgIpc) is 2.00. The second-order valence-electron chi connectivity index (χ2n) is 2.71. The minimum atomic E-state index is -0.435. The first-order chi connectivity index (χ1) is 5.57. The van der Waals surface area contributed by atoms with Gasteiger partial charge in [-0.3, -0.25) is 0 Å². The van der Waals surface area contributed by atoms with Crippen LogP contribution in [0.2, 0.25) is 0 Å². The summed E-state index contributed by atoms with van der Waals surface area (Å²) in [4.78, 5) is 10.8. The van der Waals surface area contributed by atoms with Crippen LogP contribution < -0.4 is 0 Å². The monoisotopic (exact) mass is 172 g/mol. The molecule has 70 valence electrons. The van der Waals surface area contributed by atoms with Crippen LogP contribution in [-0.4, -0.2) is 23.8 Å². The second kappa shape index (κ2) is 5.77. The number of carbonyl (C=O) groups excluding carboxylic acids is 1. The smallest absolute Gasteiger partial charge is 0.330 e. The lowest BCUT2D eigenvalue weighted by Crippen LogP contribution is -2.11. The number of hydrogen-bond acceptors (Lipinski definition) is 3. The fraction of sp³-hybridized carbons (Fsp3) is 0.667. The van der Waals surface area contributed by atoms with Crippen LogP contribution in [0.3, 0.4) is 0 Å². The molecular weight excluding hydrogens is 156 g/mol. The largest absolute Gasteiger partial charge is 0.463 e. The van der Waals surface area contributed by atoms with Gasteiger partial charge in [-0.15, -0.1) is 0 Å². The Hall–Kier alpha value is -0.830. The van der Waals surface area contributed by atoms with Crippen LogP contribution in [-0.2, 0) is 9.53 Å². The summed E-state index contributed by atoms with van der Waals surface area (Å²) in [5.41, 5.74) is 0. The third-order valence-electron chi connectivity index (χ3n) is 1.58. The molecule has 0 amide bonds. The van der Waals surface area contributed by atoms with Crippen molar-refractivity contribution in [2.75, 3.05) is 6.61 Å². The molecule has 0 fully saturated rings. The van der Waals surface area contributed by atoms with Crippen molar-refractivity contribution in [3.05, 3.63) is 12.2 Å². The molecule has 0 radical (unpaired) electrons. The lowest BCUT2D eigenvalue weighted by atomic mass is 10.1. The summed E-state index contributed by atoms with van der Waals surface area (Å²) in [6.45, 7) is 5.65. The Balaban J connectivity index is 3.81. The zero-order valence-electron chi connectivity index (χ0n) is 7.78. The standard InChI is InChI=1S/C9H16O3/c1-4-12-9(11)6-5-7(2)8(3)10/h5-8,10H,4H2,1-3H3/b6-5+/t7-,8+/m0/s1. The zero-order valence-corrected chi connectivity index (χ0v) is 7.78. The molecule has 0 aromatic rings. The second-order valence-corrected chi connectivity index (χ2v) is 2.71. The van der Waals surface area contributed by atoms with Crippen LogP contribution in [0.4, 0.5) is 0 Å². The highest BCUT2D eigenvalue weighted by molar-refractivity contribution is 5.81. The first kappa shape index (κ1) is 11.2. The number of aliphatic hydroxyl groups is 1. The maximum atomic E-state index is 10.8. The predicted molar refractivity (Wildman–Crippen MR) is 46.6 cm³/mol. The summed E-state index contributed by atoms with van der Waals surface area (Å²) in [7, 11) is 0. The van der Waals surface area contributed by atoms with E-state index in [1.165, 1.54) is 6.08 Å². The summed E-state index contributed by atoms with van der Waals surface area (Å²) < 4.78 is 4.66. The van der Waals surface area contributed by atoms with E-state index in [2.05, 4.69) is 4.74 Å². The molecule has 0 aromatic carbocycles. The Kier molecular flexibility index (Phi) is 5.37. The van der Waals surface area contributed by atoms with Gasteiger partial charge < -0.3 is 9.84 Å². The molecule has 0 bridgehead atoms. The van der Waals surface area contributed by atoms with E-state index in [4.69, 9.17) is 5.11 Å². The van der Waals surface area contributed by atoms with Crippen molar-refractivity contribution >= 4 is 5.97 Å². The quantitative estimate of drug-likeness (QED) is 0.510. The molecule has 3 nitrogen and oxygen atoms in total. The third-order valence-corrected chi connectivity index (χ3v) is 1.58. The number of aliphatic hydroxyl groups excluding tert-OH is 1. The zero-order chi connectivity index (χ0) is 9.56. The van der Waals surface area contributed by atoms with Crippen molar-refractivity contribution < 1.29 is 14.6 Å². The maximum absolute atomic E-state index is 10.8. The molecule has 0 heterocycles. The van der Waals surface area contributed by atoms with Crippen molar-refractivity contribution in [3.8, 4) is 0 Å². The van der Waals surface area contributed by atoms with Crippen LogP contribution in [0.25, 0.3) is 0 Å². The molecule has 3 heteroatoms. The van der Waals surface area contributed by atoms with Crippen molar-refractivity contribution in [1.82, 2.24) is 0 Å². The summed E-state index contributed by atoms with van der Waals surface area (Å²) >= 11 is 0. The average molecular weight is 172 g/mol. The van der Waals surface area contributed by atoms with Crippen molar-refractivity contribution in [1.29, 1.82) is 0 Å². The molecule has 0 rings (SSSR count). The van der Waals surface area contributed by atoms with Crippen molar-refractivity contribution in [2.24, 2.45) is 5.92 Å². The van der Waals surface area contributed by atoms with E-state index < -0.39 is 6.10 Å². The summed E-state index contributed by atoms with van der Waals surface area (Å²) in [6.07, 6.45) is 2.56. The van der Waals surface area contributed by atoms with E-state index in [0.717, 1.165) is 0 Å². The molecule has 0 aromatic heterocycles. The van der Waals surface area contributed by atoms with Gasteiger partial charge in [0.15, 0.2) is 0 Å². The van der Waals surface area contributed by atoms with Gasteiger partial charge in [-0.25, -0.2) is 4.79 Å².